The van der Waals surface area contributed by atoms with Gasteiger partial charge in [0.2, 0.25) is 10.0 Å². The van der Waals surface area contributed by atoms with Crippen molar-refractivity contribution in [3.63, 3.8) is 0 Å². The Bertz CT molecular complexity index is 941. The largest absolute Gasteiger partial charge is 0.495 e. The Morgan fingerprint density at radius 3 is 2.50 bits per heavy atom. The number of rotatable bonds is 6. The smallest absolute Gasteiger partial charge is 0.255 e. The summed E-state index contributed by atoms with van der Waals surface area (Å²) in [6.45, 7) is 1.55. The number of sulfonamides is 1. The highest BCUT2D eigenvalue weighted by molar-refractivity contribution is 7.88. The third-order valence-corrected chi connectivity index (χ3v) is 6.42. The topological polar surface area (TPSA) is 84.9 Å². The fourth-order valence-corrected chi connectivity index (χ4v) is 4.53. The average molecular weight is 425 g/mol. The van der Waals surface area contributed by atoms with Gasteiger partial charge in [0.05, 0.1) is 31.8 Å². The maximum Gasteiger partial charge on any atom is 0.255 e. The molecule has 3 rings (SSSR count). The Morgan fingerprint density at radius 2 is 1.86 bits per heavy atom. The zero-order valence-corrected chi connectivity index (χ0v) is 16.9. The maximum absolute atomic E-state index is 12.5. The van der Waals surface area contributed by atoms with Gasteiger partial charge >= 0.3 is 0 Å². The number of nitrogens with zero attached hydrogens (tertiary/aromatic N) is 1. The van der Waals surface area contributed by atoms with Crippen LogP contribution in [0.5, 0.6) is 5.75 Å². The molecule has 1 heterocycles. The van der Waals surface area contributed by atoms with Crippen molar-refractivity contribution in [2.24, 2.45) is 0 Å². The molecule has 0 radical (unpaired) electrons. The van der Waals surface area contributed by atoms with Crippen LogP contribution in [-0.4, -0.2) is 52.0 Å². The van der Waals surface area contributed by atoms with Gasteiger partial charge < -0.3 is 14.8 Å². The Balaban J connectivity index is 1.68. The molecule has 2 aromatic rings. The van der Waals surface area contributed by atoms with Gasteiger partial charge in [-0.3, -0.25) is 4.79 Å². The van der Waals surface area contributed by atoms with E-state index in [2.05, 4.69) is 5.32 Å². The molecule has 0 bridgehead atoms. The lowest BCUT2D eigenvalue weighted by Gasteiger charge is -2.26. The van der Waals surface area contributed by atoms with Crippen LogP contribution < -0.4 is 10.1 Å². The van der Waals surface area contributed by atoms with Crippen LogP contribution in [0.4, 0.5) is 5.69 Å². The van der Waals surface area contributed by atoms with E-state index in [9.17, 15) is 13.2 Å². The molecule has 7 nitrogen and oxygen atoms in total. The third kappa shape index (κ3) is 5.02. The summed E-state index contributed by atoms with van der Waals surface area (Å²) in [4.78, 5) is 12.5. The first-order valence-electron chi connectivity index (χ1n) is 8.68. The number of hydrogen-bond acceptors (Lipinski definition) is 5. The number of ether oxygens (including phenoxy) is 2. The predicted octanol–water partition coefficient (Wildman–Crippen LogP) is 2.76. The van der Waals surface area contributed by atoms with E-state index in [0.717, 1.165) is 0 Å². The Labute approximate surface area is 169 Å². The molecule has 0 atom stereocenters. The van der Waals surface area contributed by atoms with E-state index in [1.54, 1.807) is 42.5 Å². The molecule has 0 spiro atoms. The van der Waals surface area contributed by atoms with E-state index in [0.29, 0.717) is 53.9 Å². The number of nitrogens with one attached hydrogen (secondary N) is 1. The van der Waals surface area contributed by atoms with Gasteiger partial charge in [0.15, 0.2) is 0 Å². The minimum Gasteiger partial charge on any atom is -0.495 e. The Hall–Kier alpha value is -2.13. The van der Waals surface area contributed by atoms with Crippen LogP contribution in [0.3, 0.4) is 0 Å². The lowest BCUT2D eigenvalue weighted by atomic mass is 10.1. The van der Waals surface area contributed by atoms with Gasteiger partial charge in [-0.15, -0.1) is 0 Å². The molecule has 1 saturated heterocycles. The second kappa shape index (κ2) is 8.91. The van der Waals surface area contributed by atoms with Crippen LogP contribution in [0.2, 0.25) is 5.02 Å². The first-order valence-corrected chi connectivity index (χ1v) is 10.7. The molecule has 1 amide bonds. The minimum absolute atomic E-state index is 0.114. The number of amides is 1. The van der Waals surface area contributed by atoms with Crippen molar-refractivity contribution in [2.45, 2.75) is 5.75 Å². The molecule has 1 N–H and O–H groups in total. The zero-order chi connectivity index (χ0) is 20.1. The standard InChI is InChI=1S/C19H21ClN2O5S/c1-26-18-7-6-16(20)12-17(18)21-19(23)15-4-2-14(3-5-15)13-28(24,25)22-8-10-27-11-9-22/h2-7,12H,8-11,13H2,1H3,(H,21,23). The molecule has 0 saturated carbocycles. The van der Waals surface area contributed by atoms with E-state index in [4.69, 9.17) is 21.1 Å². The highest BCUT2D eigenvalue weighted by Gasteiger charge is 2.24. The molecule has 0 unspecified atom stereocenters. The number of anilines is 1. The summed E-state index contributed by atoms with van der Waals surface area (Å²) < 4.78 is 36.8. The van der Waals surface area contributed by atoms with E-state index in [1.165, 1.54) is 11.4 Å². The van der Waals surface area contributed by atoms with Crippen LogP contribution in [-0.2, 0) is 20.5 Å². The average Bonchev–Trinajstić information content (AvgIpc) is 2.69. The van der Waals surface area contributed by atoms with E-state index >= 15 is 0 Å². The summed E-state index contributed by atoms with van der Waals surface area (Å²) in [5, 5.41) is 3.22. The van der Waals surface area contributed by atoms with Crippen molar-refractivity contribution in [2.75, 3.05) is 38.7 Å². The molecule has 0 aromatic heterocycles. The van der Waals surface area contributed by atoms with Gasteiger partial charge in [-0.05, 0) is 35.9 Å². The Kier molecular flexibility index (Phi) is 6.56. The van der Waals surface area contributed by atoms with Gasteiger partial charge in [0.25, 0.3) is 5.91 Å². The van der Waals surface area contributed by atoms with E-state index in [1.807, 2.05) is 0 Å². The number of morpholine rings is 1. The van der Waals surface area contributed by atoms with Crippen molar-refractivity contribution in [1.82, 2.24) is 4.31 Å². The van der Waals surface area contributed by atoms with Crippen LogP contribution in [0.15, 0.2) is 42.5 Å². The second-order valence-electron chi connectivity index (χ2n) is 6.26. The van der Waals surface area contributed by atoms with Gasteiger partial charge in [-0.1, -0.05) is 23.7 Å². The monoisotopic (exact) mass is 424 g/mol. The van der Waals surface area contributed by atoms with Crippen LogP contribution >= 0.6 is 11.6 Å². The lowest BCUT2D eigenvalue weighted by Crippen LogP contribution is -2.41. The van der Waals surface area contributed by atoms with E-state index < -0.39 is 10.0 Å². The third-order valence-electron chi connectivity index (χ3n) is 4.34. The van der Waals surface area contributed by atoms with Gasteiger partial charge in [-0.2, -0.15) is 4.31 Å². The fourth-order valence-electron chi connectivity index (χ4n) is 2.85. The summed E-state index contributed by atoms with van der Waals surface area (Å²) in [6.07, 6.45) is 0. The van der Waals surface area contributed by atoms with Crippen molar-refractivity contribution in [1.29, 1.82) is 0 Å². The molecular weight excluding hydrogens is 404 g/mol. The number of benzene rings is 2. The van der Waals surface area contributed by atoms with Crippen LogP contribution in [0, 0.1) is 0 Å². The summed E-state index contributed by atoms with van der Waals surface area (Å²) in [6, 6.07) is 11.4. The number of methoxy groups -OCH3 is 1. The highest BCUT2D eigenvalue weighted by atomic mass is 35.5. The molecule has 1 aliphatic heterocycles. The fraction of sp³-hybridized carbons (Fsp3) is 0.316. The Morgan fingerprint density at radius 1 is 1.18 bits per heavy atom. The number of halogens is 1. The van der Waals surface area contributed by atoms with Crippen LogP contribution in [0.1, 0.15) is 15.9 Å². The lowest BCUT2D eigenvalue weighted by molar-refractivity contribution is 0.0729. The van der Waals surface area contributed by atoms with Gasteiger partial charge in [0, 0.05) is 23.7 Å². The molecule has 9 heteroatoms. The number of carbonyl (C=O) groups is 1. The number of carbonyl (C=O) groups excluding carboxylic acids is 1. The first kappa shape index (κ1) is 20.6. The highest BCUT2D eigenvalue weighted by Crippen LogP contribution is 2.28. The minimum atomic E-state index is -3.41. The quantitative estimate of drug-likeness (QED) is 0.770. The van der Waals surface area contributed by atoms with Gasteiger partial charge in [-0.25, -0.2) is 8.42 Å². The van der Waals surface area contributed by atoms with Crippen molar-refractivity contribution in [3.8, 4) is 5.75 Å². The van der Waals surface area contributed by atoms with Crippen LogP contribution in [0.25, 0.3) is 0 Å². The van der Waals surface area contributed by atoms with E-state index in [-0.39, 0.29) is 11.7 Å². The second-order valence-corrected chi connectivity index (χ2v) is 8.67. The zero-order valence-electron chi connectivity index (χ0n) is 15.4. The summed E-state index contributed by atoms with van der Waals surface area (Å²) >= 11 is 5.97. The summed E-state index contributed by atoms with van der Waals surface area (Å²) in [5.41, 5.74) is 1.47. The van der Waals surface area contributed by atoms with Crippen molar-refractivity contribution in [3.05, 3.63) is 58.6 Å². The SMILES string of the molecule is COc1ccc(Cl)cc1NC(=O)c1ccc(CS(=O)(=O)N2CCOCC2)cc1. The molecule has 0 aliphatic carbocycles. The molecule has 28 heavy (non-hydrogen) atoms. The molecule has 1 aliphatic rings. The molecule has 2 aromatic carbocycles. The first-order chi connectivity index (χ1) is 13.4. The van der Waals surface area contributed by atoms with Gasteiger partial charge in [0.1, 0.15) is 5.75 Å². The number of hydrogen-bond donors (Lipinski definition) is 1. The predicted molar refractivity (Wildman–Crippen MR) is 107 cm³/mol. The normalized spacial score (nSPS) is 15.2. The maximum atomic E-state index is 12.5. The van der Waals surface area contributed by atoms with Crippen molar-refractivity contribution >= 4 is 33.2 Å². The molecule has 150 valence electrons. The summed E-state index contributed by atoms with van der Waals surface area (Å²) in [7, 11) is -1.91. The molecule has 1 fully saturated rings. The van der Waals surface area contributed by atoms with Crippen molar-refractivity contribution < 1.29 is 22.7 Å². The summed E-state index contributed by atoms with van der Waals surface area (Å²) in [5.74, 6) is 0.0333. The molecular formula is C19H21ClN2O5S.